The highest BCUT2D eigenvalue weighted by Gasteiger charge is 2.27. The van der Waals surface area contributed by atoms with Gasteiger partial charge < -0.3 is 10.6 Å². The molecular formula is C15H20Cl3N3OS2. The van der Waals surface area contributed by atoms with E-state index in [1.54, 1.807) is 0 Å². The highest BCUT2D eigenvalue weighted by molar-refractivity contribution is 7.23. The van der Waals surface area contributed by atoms with E-state index in [2.05, 4.69) is 22.5 Å². The highest BCUT2D eigenvalue weighted by atomic mass is 35.5. The second-order valence-electron chi connectivity index (χ2n) is 5.88. The molecule has 0 aromatic carbocycles. The summed E-state index contributed by atoms with van der Waals surface area (Å²) in [5.74, 6) is -0.0927. The summed E-state index contributed by atoms with van der Waals surface area (Å²) in [5, 5.41) is 9.03. The number of hydrogen-bond acceptors (Lipinski definition) is 5. The minimum Gasteiger partial charge on any atom is -0.350 e. The summed E-state index contributed by atoms with van der Waals surface area (Å²) in [5.41, 5.74) is 0.670. The molecule has 0 bridgehead atoms. The number of nitrogens with one attached hydrogen (secondary N) is 2. The maximum Gasteiger partial charge on any atom is 0.270 e. The second-order valence-corrected chi connectivity index (χ2v) is 8.46. The number of rotatable bonds is 4. The summed E-state index contributed by atoms with van der Waals surface area (Å²) in [6.45, 7) is 4.97. The van der Waals surface area contributed by atoms with Gasteiger partial charge in [-0.3, -0.25) is 4.79 Å². The topological polar surface area (TPSA) is 54.0 Å². The molecule has 9 heteroatoms. The number of hydrogen-bond donors (Lipinski definition) is 2. The largest absolute Gasteiger partial charge is 0.350 e. The van der Waals surface area contributed by atoms with E-state index in [0.717, 1.165) is 40.2 Å². The quantitative estimate of drug-likeness (QED) is 0.754. The van der Waals surface area contributed by atoms with Gasteiger partial charge in [0.2, 0.25) is 0 Å². The van der Waals surface area contributed by atoms with Crippen LogP contribution in [0.5, 0.6) is 0 Å². The van der Waals surface area contributed by atoms with Gasteiger partial charge in [0, 0.05) is 11.9 Å². The Bertz CT molecular complexity index is 668. The first-order chi connectivity index (χ1) is 10.6. The molecule has 134 valence electrons. The maximum atomic E-state index is 12.3. The van der Waals surface area contributed by atoms with Crippen molar-refractivity contribution in [3.63, 3.8) is 0 Å². The van der Waals surface area contributed by atoms with Gasteiger partial charge in [0.15, 0.2) is 0 Å². The molecule has 4 nitrogen and oxygen atoms in total. The molecule has 24 heavy (non-hydrogen) atoms. The molecule has 2 N–H and O–H groups in total. The van der Waals surface area contributed by atoms with Crippen LogP contribution in [0.4, 0.5) is 0 Å². The molecular weight excluding hydrogens is 409 g/mol. The van der Waals surface area contributed by atoms with Crippen LogP contribution in [0, 0.1) is 5.41 Å². The molecule has 1 aliphatic rings. The van der Waals surface area contributed by atoms with Crippen LogP contribution >= 0.6 is 59.1 Å². The molecule has 1 amide bonds. The van der Waals surface area contributed by atoms with Gasteiger partial charge in [0.1, 0.15) is 10.7 Å². The molecule has 3 rings (SSSR count). The fourth-order valence-corrected chi connectivity index (χ4v) is 4.43. The normalized spacial score (nSPS) is 15.9. The predicted molar refractivity (Wildman–Crippen MR) is 107 cm³/mol. The van der Waals surface area contributed by atoms with Gasteiger partial charge in [0.05, 0.1) is 9.21 Å². The lowest BCUT2D eigenvalue weighted by Gasteiger charge is -2.34. The molecule has 0 radical (unpaired) electrons. The molecule has 1 saturated heterocycles. The number of carbonyl (C=O) groups is 1. The number of piperidine rings is 1. The van der Waals surface area contributed by atoms with E-state index in [1.165, 1.54) is 22.7 Å². The van der Waals surface area contributed by atoms with Crippen molar-refractivity contribution in [2.75, 3.05) is 19.6 Å². The third kappa shape index (κ3) is 5.31. The summed E-state index contributed by atoms with van der Waals surface area (Å²) in [4.78, 5) is 17.7. The smallest absolute Gasteiger partial charge is 0.270 e. The number of amides is 1. The first-order valence-electron chi connectivity index (χ1n) is 7.26. The molecule has 3 heterocycles. The Labute approximate surface area is 167 Å². The minimum atomic E-state index is -0.0927. The van der Waals surface area contributed by atoms with Crippen molar-refractivity contribution >= 4 is 65.0 Å². The number of thiazole rings is 1. The lowest BCUT2D eigenvalue weighted by molar-refractivity contribution is 0.0918. The van der Waals surface area contributed by atoms with Crippen molar-refractivity contribution in [1.82, 2.24) is 15.6 Å². The average Bonchev–Trinajstić information content (AvgIpc) is 3.14. The molecule has 2 aromatic rings. The van der Waals surface area contributed by atoms with Crippen LogP contribution in [0.3, 0.4) is 0 Å². The first-order valence-corrected chi connectivity index (χ1v) is 9.33. The lowest BCUT2D eigenvalue weighted by atomic mass is 9.81. The Morgan fingerprint density at radius 1 is 1.38 bits per heavy atom. The van der Waals surface area contributed by atoms with E-state index < -0.39 is 0 Å². The number of nitrogens with zero attached hydrogens (tertiary/aromatic N) is 1. The van der Waals surface area contributed by atoms with Gasteiger partial charge in [-0.15, -0.1) is 47.5 Å². The molecule has 0 aliphatic carbocycles. The third-order valence-corrected chi connectivity index (χ3v) is 6.25. The van der Waals surface area contributed by atoms with Gasteiger partial charge in [-0.05, 0) is 43.5 Å². The molecule has 1 aliphatic heterocycles. The van der Waals surface area contributed by atoms with E-state index in [9.17, 15) is 4.79 Å². The summed E-state index contributed by atoms with van der Waals surface area (Å²) in [7, 11) is 0. The fourth-order valence-electron chi connectivity index (χ4n) is 2.51. The number of thiophene rings is 1. The number of aromatic nitrogens is 1. The van der Waals surface area contributed by atoms with Crippen molar-refractivity contribution in [2.45, 2.75) is 19.8 Å². The van der Waals surface area contributed by atoms with Gasteiger partial charge in [-0.25, -0.2) is 4.98 Å². The van der Waals surface area contributed by atoms with Crippen LogP contribution in [0.15, 0.2) is 17.5 Å². The van der Waals surface area contributed by atoms with Crippen LogP contribution in [0.2, 0.25) is 4.34 Å². The summed E-state index contributed by atoms with van der Waals surface area (Å²) >= 11 is 8.89. The minimum absolute atomic E-state index is 0. The number of halogens is 3. The maximum absolute atomic E-state index is 12.3. The highest BCUT2D eigenvalue weighted by Crippen LogP contribution is 2.33. The van der Waals surface area contributed by atoms with Crippen LogP contribution < -0.4 is 10.6 Å². The van der Waals surface area contributed by atoms with Crippen molar-refractivity contribution in [3.8, 4) is 9.88 Å². The van der Waals surface area contributed by atoms with Gasteiger partial charge in [-0.1, -0.05) is 18.5 Å². The van der Waals surface area contributed by atoms with Crippen LogP contribution in [0.1, 0.15) is 30.3 Å². The molecule has 2 aromatic heterocycles. The molecule has 1 fully saturated rings. The third-order valence-electron chi connectivity index (χ3n) is 4.01. The average molecular weight is 429 g/mol. The second kappa shape index (κ2) is 9.36. The molecule has 0 atom stereocenters. The zero-order valence-electron chi connectivity index (χ0n) is 13.1. The zero-order valence-corrected chi connectivity index (χ0v) is 17.2. The molecule has 0 saturated carbocycles. The number of carbonyl (C=O) groups excluding carboxylic acids is 1. The Kier molecular flexibility index (Phi) is 8.45. The van der Waals surface area contributed by atoms with E-state index >= 15 is 0 Å². The van der Waals surface area contributed by atoms with Crippen LogP contribution in [0.25, 0.3) is 9.88 Å². The first kappa shape index (κ1) is 21.7. The summed E-state index contributed by atoms with van der Waals surface area (Å²) in [6.07, 6.45) is 2.17. The standard InChI is InChI=1S/C15H18ClN3OS2.2ClH/c1-15(4-6-17-7-5-15)9-18-13(20)10-8-21-14(19-10)11-2-3-12(16)22-11;;/h2-3,8,17H,4-7,9H2,1H3,(H,18,20);2*1H. The molecule has 0 spiro atoms. The van der Waals surface area contributed by atoms with E-state index in [-0.39, 0.29) is 36.1 Å². The van der Waals surface area contributed by atoms with Crippen molar-refractivity contribution in [1.29, 1.82) is 0 Å². The Balaban J connectivity index is 0.00000144. The van der Waals surface area contributed by atoms with Gasteiger partial charge in [0.25, 0.3) is 5.91 Å². The lowest BCUT2D eigenvalue weighted by Crippen LogP contribution is -2.42. The van der Waals surface area contributed by atoms with Crippen molar-refractivity contribution in [3.05, 3.63) is 27.5 Å². The summed E-state index contributed by atoms with van der Waals surface area (Å²) in [6, 6.07) is 3.78. The van der Waals surface area contributed by atoms with Crippen LogP contribution in [-0.4, -0.2) is 30.5 Å². The van der Waals surface area contributed by atoms with Crippen molar-refractivity contribution < 1.29 is 4.79 Å². The van der Waals surface area contributed by atoms with Crippen molar-refractivity contribution in [2.24, 2.45) is 5.41 Å². The Morgan fingerprint density at radius 2 is 2.08 bits per heavy atom. The van der Waals surface area contributed by atoms with Gasteiger partial charge in [-0.2, -0.15) is 0 Å². The van der Waals surface area contributed by atoms with E-state index in [1.807, 2.05) is 17.5 Å². The van der Waals surface area contributed by atoms with Crippen LogP contribution in [-0.2, 0) is 0 Å². The Hall–Kier alpha value is -0.370. The fraction of sp³-hybridized carbons (Fsp3) is 0.467. The monoisotopic (exact) mass is 427 g/mol. The zero-order chi connectivity index (χ0) is 15.6. The van der Waals surface area contributed by atoms with E-state index in [0.29, 0.717) is 12.2 Å². The SMILES string of the molecule is CC1(CNC(=O)c2csc(-c3ccc(Cl)s3)n2)CCNCC1.Cl.Cl. The predicted octanol–water partition coefficient (Wildman–Crippen LogP) is 4.49. The van der Waals surface area contributed by atoms with Gasteiger partial charge >= 0.3 is 0 Å². The summed E-state index contributed by atoms with van der Waals surface area (Å²) < 4.78 is 0.732. The Morgan fingerprint density at radius 3 is 2.71 bits per heavy atom. The molecule has 0 unspecified atom stereocenters. The van der Waals surface area contributed by atoms with E-state index in [4.69, 9.17) is 11.6 Å².